The Morgan fingerprint density at radius 2 is 1.75 bits per heavy atom. The van der Waals surface area contributed by atoms with Crippen molar-refractivity contribution < 1.29 is 9.47 Å². The lowest BCUT2D eigenvalue weighted by atomic mass is 10.1. The molecule has 0 bridgehead atoms. The zero-order valence-electron chi connectivity index (χ0n) is 11.6. The molecular formula is C17H17NO2. The zero-order valence-corrected chi connectivity index (χ0v) is 11.6. The van der Waals surface area contributed by atoms with Gasteiger partial charge in [0.2, 0.25) is 0 Å². The van der Waals surface area contributed by atoms with Gasteiger partial charge < -0.3 is 14.5 Å². The molecule has 0 saturated carbocycles. The highest BCUT2D eigenvalue weighted by Crippen LogP contribution is 2.23. The van der Waals surface area contributed by atoms with Crippen molar-refractivity contribution >= 4 is 10.9 Å². The van der Waals surface area contributed by atoms with Gasteiger partial charge in [-0.25, -0.2) is 0 Å². The van der Waals surface area contributed by atoms with Gasteiger partial charge in [-0.1, -0.05) is 18.2 Å². The van der Waals surface area contributed by atoms with Gasteiger partial charge in [-0.05, 0) is 36.8 Å². The molecule has 3 aromatic rings. The van der Waals surface area contributed by atoms with Gasteiger partial charge >= 0.3 is 0 Å². The van der Waals surface area contributed by atoms with Crippen LogP contribution in [0.1, 0.15) is 11.1 Å². The molecule has 1 heterocycles. The lowest BCUT2D eigenvalue weighted by Crippen LogP contribution is -1.94. The molecule has 0 aliphatic rings. The summed E-state index contributed by atoms with van der Waals surface area (Å²) >= 11 is 0. The van der Waals surface area contributed by atoms with Crippen LogP contribution in [0.15, 0.2) is 48.7 Å². The third-order valence-corrected chi connectivity index (χ3v) is 3.46. The molecule has 0 atom stereocenters. The molecule has 3 nitrogen and oxygen atoms in total. The summed E-state index contributed by atoms with van der Waals surface area (Å²) in [6.07, 6.45) is 2.02. The largest absolute Gasteiger partial charge is 0.497 e. The van der Waals surface area contributed by atoms with E-state index in [0.717, 1.165) is 11.5 Å². The van der Waals surface area contributed by atoms with Crippen molar-refractivity contribution in [2.75, 3.05) is 7.11 Å². The first-order valence-electron chi connectivity index (χ1n) is 6.60. The highest BCUT2D eigenvalue weighted by atomic mass is 16.5. The van der Waals surface area contributed by atoms with Gasteiger partial charge in [0.25, 0.3) is 0 Å². The summed E-state index contributed by atoms with van der Waals surface area (Å²) in [7, 11) is 1.66. The van der Waals surface area contributed by atoms with Gasteiger partial charge in [0.15, 0.2) is 0 Å². The monoisotopic (exact) mass is 267 g/mol. The zero-order chi connectivity index (χ0) is 13.9. The number of rotatable bonds is 4. The summed E-state index contributed by atoms with van der Waals surface area (Å²) in [5.41, 5.74) is 3.60. The van der Waals surface area contributed by atoms with Crippen molar-refractivity contribution in [3.8, 4) is 11.5 Å². The Morgan fingerprint density at radius 3 is 2.50 bits per heavy atom. The van der Waals surface area contributed by atoms with Gasteiger partial charge in [-0.2, -0.15) is 0 Å². The van der Waals surface area contributed by atoms with Gasteiger partial charge in [0.05, 0.1) is 7.11 Å². The highest BCUT2D eigenvalue weighted by Gasteiger charge is 2.06. The molecule has 0 fully saturated rings. The number of benzene rings is 2. The van der Waals surface area contributed by atoms with Crippen LogP contribution in [0.25, 0.3) is 10.9 Å². The molecule has 20 heavy (non-hydrogen) atoms. The smallest absolute Gasteiger partial charge is 0.120 e. The fourth-order valence-electron chi connectivity index (χ4n) is 2.32. The Kier molecular flexibility index (Phi) is 3.33. The molecule has 1 N–H and O–H groups in total. The number of aromatic nitrogens is 1. The van der Waals surface area contributed by atoms with Crippen LogP contribution in [-0.2, 0) is 6.61 Å². The Bertz CT molecular complexity index is 713. The van der Waals surface area contributed by atoms with Crippen LogP contribution in [-0.4, -0.2) is 12.1 Å². The van der Waals surface area contributed by atoms with Gasteiger partial charge in [0, 0.05) is 22.7 Å². The number of aryl methyl sites for hydroxylation is 1. The van der Waals surface area contributed by atoms with Gasteiger partial charge in [0.1, 0.15) is 18.1 Å². The normalized spacial score (nSPS) is 10.7. The molecule has 0 unspecified atom stereocenters. The lowest BCUT2D eigenvalue weighted by molar-refractivity contribution is 0.307. The second kappa shape index (κ2) is 5.29. The van der Waals surface area contributed by atoms with Crippen molar-refractivity contribution in [2.24, 2.45) is 0 Å². The average Bonchev–Trinajstić information content (AvgIpc) is 2.90. The number of methoxy groups -OCH3 is 1. The van der Waals surface area contributed by atoms with Gasteiger partial charge in [-0.15, -0.1) is 0 Å². The van der Waals surface area contributed by atoms with Crippen molar-refractivity contribution in [3.05, 3.63) is 59.8 Å². The van der Waals surface area contributed by atoms with E-state index in [4.69, 9.17) is 9.47 Å². The van der Waals surface area contributed by atoms with Crippen LogP contribution >= 0.6 is 0 Å². The fourth-order valence-corrected chi connectivity index (χ4v) is 2.32. The molecule has 1 aromatic heterocycles. The maximum absolute atomic E-state index is 5.82. The summed E-state index contributed by atoms with van der Waals surface area (Å²) in [5, 5.41) is 1.22. The van der Waals surface area contributed by atoms with Crippen LogP contribution in [0.5, 0.6) is 11.5 Å². The first-order chi connectivity index (χ1) is 9.78. The van der Waals surface area contributed by atoms with E-state index in [0.29, 0.717) is 6.61 Å². The van der Waals surface area contributed by atoms with Crippen molar-refractivity contribution in [3.63, 3.8) is 0 Å². The van der Waals surface area contributed by atoms with E-state index in [2.05, 4.69) is 30.1 Å². The highest BCUT2D eigenvalue weighted by molar-refractivity contribution is 5.85. The summed E-state index contributed by atoms with van der Waals surface area (Å²) in [4.78, 5) is 3.31. The standard InChI is InChI=1S/C17H17NO2/c1-12-4-3-5-16-13(10-18-17(12)16)11-20-15-8-6-14(19-2)7-9-15/h3-10,18H,11H2,1-2H3. The van der Waals surface area contributed by atoms with Crippen LogP contribution in [0.2, 0.25) is 0 Å². The molecule has 0 spiro atoms. The number of aromatic amines is 1. The van der Waals surface area contributed by atoms with E-state index in [-0.39, 0.29) is 0 Å². The third kappa shape index (κ3) is 2.35. The van der Waals surface area contributed by atoms with E-state index in [1.54, 1.807) is 7.11 Å². The van der Waals surface area contributed by atoms with Crippen LogP contribution in [0, 0.1) is 6.92 Å². The molecule has 0 saturated heterocycles. The minimum absolute atomic E-state index is 0.551. The second-order valence-corrected chi connectivity index (χ2v) is 4.78. The summed E-state index contributed by atoms with van der Waals surface area (Å²) in [6.45, 7) is 2.66. The average molecular weight is 267 g/mol. The van der Waals surface area contributed by atoms with E-state index >= 15 is 0 Å². The minimum atomic E-state index is 0.551. The van der Waals surface area contributed by atoms with Crippen LogP contribution in [0.4, 0.5) is 0 Å². The second-order valence-electron chi connectivity index (χ2n) is 4.78. The van der Waals surface area contributed by atoms with Crippen LogP contribution < -0.4 is 9.47 Å². The molecule has 102 valence electrons. The Morgan fingerprint density at radius 1 is 1.00 bits per heavy atom. The number of hydrogen-bond acceptors (Lipinski definition) is 2. The molecule has 0 radical (unpaired) electrons. The number of ether oxygens (including phenoxy) is 2. The Labute approximate surface area is 118 Å². The summed E-state index contributed by atoms with van der Waals surface area (Å²) in [5.74, 6) is 1.67. The molecule has 0 aliphatic carbocycles. The van der Waals surface area contributed by atoms with Gasteiger partial charge in [-0.3, -0.25) is 0 Å². The molecule has 3 heteroatoms. The number of nitrogens with one attached hydrogen (secondary N) is 1. The van der Waals surface area contributed by atoms with Crippen molar-refractivity contribution in [1.29, 1.82) is 0 Å². The third-order valence-electron chi connectivity index (χ3n) is 3.46. The van der Waals surface area contributed by atoms with E-state index in [1.165, 1.54) is 22.0 Å². The van der Waals surface area contributed by atoms with Crippen molar-refractivity contribution in [1.82, 2.24) is 4.98 Å². The number of fused-ring (bicyclic) bond motifs is 1. The number of hydrogen-bond donors (Lipinski definition) is 1. The Balaban J connectivity index is 1.78. The predicted molar refractivity (Wildman–Crippen MR) is 80.4 cm³/mol. The Hall–Kier alpha value is -2.42. The minimum Gasteiger partial charge on any atom is -0.497 e. The molecule has 0 aliphatic heterocycles. The SMILES string of the molecule is COc1ccc(OCc2c[nH]c3c(C)cccc23)cc1. The lowest BCUT2D eigenvalue weighted by Gasteiger charge is -2.06. The summed E-state index contributed by atoms with van der Waals surface area (Å²) in [6, 6.07) is 13.9. The molecule has 0 amide bonds. The predicted octanol–water partition coefficient (Wildman–Crippen LogP) is 4.06. The first kappa shape index (κ1) is 12.6. The number of para-hydroxylation sites is 1. The topological polar surface area (TPSA) is 34.2 Å². The molecular weight excluding hydrogens is 250 g/mol. The van der Waals surface area contributed by atoms with E-state index < -0.39 is 0 Å². The van der Waals surface area contributed by atoms with Crippen LogP contribution in [0.3, 0.4) is 0 Å². The maximum Gasteiger partial charge on any atom is 0.120 e. The quantitative estimate of drug-likeness (QED) is 0.773. The summed E-state index contributed by atoms with van der Waals surface area (Å²) < 4.78 is 11.0. The first-order valence-corrected chi connectivity index (χ1v) is 6.60. The molecule has 3 rings (SSSR count). The maximum atomic E-state index is 5.82. The molecule has 2 aromatic carbocycles. The fraction of sp³-hybridized carbons (Fsp3) is 0.176. The van der Waals surface area contributed by atoms with E-state index in [1.807, 2.05) is 30.5 Å². The number of H-pyrrole nitrogens is 1. The van der Waals surface area contributed by atoms with Crippen molar-refractivity contribution in [2.45, 2.75) is 13.5 Å². The van der Waals surface area contributed by atoms with E-state index in [9.17, 15) is 0 Å².